The minimum Gasteiger partial charge on any atom is -0.466 e. The molecule has 0 spiro atoms. The number of aliphatic hydroxyl groups is 1. The van der Waals surface area contributed by atoms with Crippen LogP contribution in [0.2, 0.25) is 0 Å². The van der Waals surface area contributed by atoms with Crippen LogP contribution >= 0.6 is 0 Å². The highest BCUT2D eigenvalue weighted by Crippen LogP contribution is 2.53. The molecule has 2 atom stereocenters. The summed E-state index contributed by atoms with van der Waals surface area (Å²) < 4.78 is 60.4. The van der Waals surface area contributed by atoms with E-state index in [-0.39, 0.29) is 0 Å². The molecule has 7 heteroatoms. The van der Waals surface area contributed by atoms with E-state index in [0.29, 0.717) is 0 Å². The summed E-state index contributed by atoms with van der Waals surface area (Å²) in [5.74, 6) is -9.56. The molecule has 1 N–H and O–H groups in total. The number of alkyl halides is 4. The fraction of sp³-hybridized carbons (Fsp3) is 0.500. The highest BCUT2D eigenvalue weighted by Gasteiger charge is 2.73. The van der Waals surface area contributed by atoms with Crippen LogP contribution in [0.4, 0.5) is 17.6 Å². The molecule has 2 heterocycles. The van der Waals surface area contributed by atoms with Crippen LogP contribution in [0.1, 0.15) is 11.9 Å². The minimum absolute atomic E-state index is 0.448. The van der Waals surface area contributed by atoms with Crippen molar-refractivity contribution in [1.82, 2.24) is 0 Å². The van der Waals surface area contributed by atoms with E-state index in [9.17, 15) is 17.6 Å². The maximum absolute atomic E-state index is 13.1. The Kier molecular flexibility index (Phi) is 2.06. The van der Waals surface area contributed by atoms with E-state index < -0.39 is 30.0 Å². The molecule has 3 nitrogen and oxygen atoms in total. The molecule has 1 aliphatic heterocycles. The SMILES string of the molecule is O[C@H]1O[C@H](c2ccco2)C(F)(F)C1(F)F. The quantitative estimate of drug-likeness (QED) is 0.744. The highest BCUT2D eigenvalue weighted by molar-refractivity contribution is 5.13. The van der Waals surface area contributed by atoms with Gasteiger partial charge in [0.15, 0.2) is 6.10 Å². The third kappa shape index (κ3) is 1.26. The average Bonchev–Trinajstić information content (AvgIpc) is 2.69. The fourth-order valence-corrected chi connectivity index (χ4v) is 1.33. The second kappa shape index (κ2) is 2.96. The van der Waals surface area contributed by atoms with Gasteiger partial charge in [0, 0.05) is 0 Å². The van der Waals surface area contributed by atoms with Crippen molar-refractivity contribution in [2.45, 2.75) is 24.2 Å². The molecule has 1 saturated heterocycles. The zero-order chi connectivity index (χ0) is 11.3. The van der Waals surface area contributed by atoms with Gasteiger partial charge in [-0.15, -0.1) is 0 Å². The van der Waals surface area contributed by atoms with Crippen molar-refractivity contribution < 1.29 is 31.8 Å². The Morgan fingerprint density at radius 2 is 1.87 bits per heavy atom. The van der Waals surface area contributed by atoms with Crippen molar-refractivity contribution in [2.24, 2.45) is 0 Å². The Bertz CT molecular complexity index is 349. The summed E-state index contributed by atoms with van der Waals surface area (Å²) in [6.07, 6.45) is -4.04. The molecule has 15 heavy (non-hydrogen) atoms. The topological polar surface area (TPSA) is 42.6 Å². The normalized spacial score (nSPS) is 33.1. The van der Waals surface area contributed by atoms with Gasteiger partial charge in [0.05, 0.1) is 6.26 Å². The maximum atomic E-state index is 13.1. The van der Waals surface area contributed by atoms with Crippen LogP contribution in [0.3, 0.4) is 0 Å². The minimum atomic E-state index is -4.62. The van der Waals surface area contributed by atoms with Crippen LogP contribution in [0, 0.1) is 0 Å². The molecule has 0 unspecified atom stereocenters. The lowest BCUT2D eigenvalue weighted by Gasteiger charge is -2.20. The first-order chi connectivity index (χ1) is 6.87. The zero-order valence-corrected chi connectivity index (χ0v) is 7.16. The predicted molar refractivity (Wildman–Crippen MR) is 38.4 cm³/mol. The van der Waals surface area contributed by atoms with Crippen molar-refractivity contribution in [2.75, 3.05) is 0 Å². The van der Waals surface area contributed by atoms with Gasteiger partial charge < -0.3 is 14.3 Å². The molecule has 1 aromatic heterocycles. The molecule has 0 bridgehead atoms. The predicted octanol–water partition coefficient (Wildman–Crippen LogP) is 1.94. The summed E-state index contributed by atoms with van der Waals surface area (Å²) in [5.41, 5.74) is 0. The molecule has 1 fully saturated rings. The summed E-state index contributed by atoms with van der Waals surface area (Å²) >= 11 is 0. The Hall–Kier alpha value is -1.08. The Labute approximate surface area is 81.2 Å². The van der Waals surface area contributed by atoms with E-state index in [1.807, 2.05) is 0 Å². The van der Waals surface area contributed by atoms with Crippen molar-refractivity contribution in [3.8, 4) is 0 Å². The third-order valence-electron chi connectivity index (χ3n) is 2.15. The Balaban J connectivity index is 2.38. The summed E-state index contributed by atoms with van der Waals surface area (Å²) in [7, 11) is 0. The van der Waals surface area contributed by atoms with Crippen molar-refractivity contribution in [3.63, 3.8) is 0 Å². The Morgan fingerprint density at radius 3 is 2.27 bits per heavy atom. The van der Waals surface area contributed by atoms with Crippen molar-refractivity contribution >= 4 is 0 Å². The summed E-state index contributed by atoms with van der Waals surface area (Å²) in [6.45, 7) is 0. The van der Waals surface area contributed by atoms with Crippen LogP contribution in [0.15, 0.2) is 22.8 Å². The molecule has 0 aromatic carbocycles. The first kappa shape index (κ1) is 10.4. The van der Waals surface area contributed by atoms with Gasteiger partial charge in [0.2, 0.25) is 6.29 Å². The molecular weight excluding hydrogens is 220 g/mol. The summed E-state index contributed by atoms with van der Waals surface area (Å²) in [4.78, 5) is 0. The van der Waals surface area contributed by atoms with Crippen molar-refractivity contribution in [1.29, 1.82) is 0 Å². The molecule has 0 saturated carbocycles. The van der Waals surface area contributed by atoms with Gasteiger partial charge in [0.1, 0.15) is 5.76 Å². The summed E-state index contributed by atoms with van der Waals surface area (Å²) in [5, 5.41) is 8.67. The molecule has 1 aliphatic rings. The summed E-state index contributed by atoms with van der Waals surface area (Å²) in [6, 6.07) is 2.34. The van der Waals surface area contributed by atoms with Gasteiger partial charge in [-0.1, -0.05) is 0 Å². The van der Waals surface area contributed by atoms with Crippen LogP contribution < -0.4 is 0 Å². The molecule has 0 radical (unpaired) electrons. The monoisotopic (exact) mass is 226 g/mol. The third-order valence-corrected chi connectivity index (χ3v) is 2.15. The van der Waals surface area contributed by atoms with Crippen LogP contribution in [-0.4, -0.2) is 23.2 Å². The molecule has 0 amide bonds. The number of ether oxygens (including phenoxy) is 1. The van der Waals surface area contributed by atoms with E-state index in [4.69, 9.17) is 5.11 Å². The first-order valence-electron chi connectivity index (χ1n) is 4.00. The van der Waals surface area contributed by atoms with Gasteiger partial charge in [-0.25, -0.2) is 0 Å². The average molecular weight is 226 g/mol. The lowest BCUT2D eigenvalue weighted by Crippen LogP contribution is -2.44. The second-order valence-electron chi connectivity index (χ2n) is 3.13. The van der Waals surface area contributed by atoms with Crippen LogP contribution in [0.25, 0.3) is 0 Å². The number of furan rings is 1. The zero-order valence-electron chi connectivity index (χ0n) is 7.16. The molecule has 84 valence electrons. The molecule has 2 rings (SSSR count). The van der Waals surface area contributed by atoms with E-state index in [0.717, 1.165) is 12.3 Å². The fourth-order valence-electron chi connectivity index (χ4n) is 1.33. The number of hydrogen-bond acceptors (Lipinski definition) is 3. The van der Waals surface area contributed by atoms with Gasteiger partial charge >= 0.3 is 11.8 Å². The van der Waals surface area contributed by atoms with Gasteiger partial charge in [-0.2, -0.15) is 17.6 Å². The molecular formula is C8H6F4O3. The maximum Gasteiger partial charge on any atom is 0.362 e. The molecule has 1 aromatic rings. The lowest BCUT2D eigenvalue weighted by atomic mass is 10.1. The highest BCUT2D eigenvalue weighted by atomic mass is 19.3. The first-order valence-corrected chi connectivity index (χ1v) is 4.00. The standard InChI is InChI=1S/C8H6F4O3/c9-7(10)5(4-2-1-3-14-4)15-6(13)8(7,11)12/h1-3,5-6,13H/t5-,6+/m1/s1. The number of hydrogen-bond donors (Lipinski definition) is 1. The van der Waals surface area contributed by atoms with Gasteiger partial charge in [0.25, 0.3) is 0 Å². The van der Waals surface area contributed by atoms with E-state index >= 15 is 0 Å². The number of rotatable bonds is 1. The van der Waals surface area contributed by atoms with Crippen LogP contribution in [0.5, 0.6) is 0 Å². The van der Waals surface area contributed by atoms with E-state index in [1.165, 1.54) is 6.07 Å². The van der Waals surface area contributed by atoms with Crippen molar-refractivity contribution in [3.05, 3.63) is 24.2 Å². The largest absolute Gasteiger partial charge is 0.466 e. The van der Waals surface area contributed by atoms with Crippen LogP contribution in [-0.2, 0) is 4.74 Å². The Morgan fingerprint density at radius 1 is 1.20 bits per heavy atom. The smallest absolute Gasteiger partial charge is 0.362 e. The number of aliphatic hydroxyl groups excluding tert-OH is 1. The van der Waals surface area contributed by atoms with Gasteiger partial charge in [-0.3, -0.25) is 0 Å². The van der Waals surface area contributed by atoms with E-state index in [1.54, 1.807) is 0 Å². The van der Waals surface area contributed by atoms with Gasteiger partial charge in [-0.05, 0) is 12.1 Å². The second-order valence-corrected chi connectivity index (χ2v) is 3.13. The number of halogens is 4. The lowest BCUT2D eigenvalue weighted by molar-refractivity contribution is -0.234. The molecule has 0 aliphatic carbocycles. The van der Waals surface area contributed by atoms with E-state index in [2.05, 4.69) is 9.15 Å².